The fourth-order valence-electron chi connectivity index (χ4n) is 7.85. The van der Waals surface area contributed by atoms with Gasteiger partial charge in [0.15, 0.2) is 6.10 Å². The zero-order valence-electron chi connectivity index (χ0n) is 46.7. The van der Waals surface area contributed by atoms with Crippen molar-refractivity contribution in [2.75, 3.05) is 13.2 Å². The predicted molar refractivity (Wildman–Crippen MR) is 311 cm³/mol. The molecule has 72 heavy (non-hydrogen) atoms. The van der Waals surface area contributed by atoms with Crippen LogP contribution >= 0.6 is 0 Å². The number of ether oxygens (including phenoxy) is 3. The Morgan fingerprint density at radius 1 is 0.292 bits per heavy atom. The van der Waals surface area contributed by atoms with Gasteiger partial charge in [-0.1, -0.05) is 251 Å². The first kappa shape index (κ1) is 67.8. The molecule has 408 valence electrons. The highest BCUT2D eigenvalue weighted by atomic mass is 16.6. The topological polar surface area (TPSA) is 78.9 Å². The Morgan fingerprint density at radius 3 is 0.875 bits per heavy atom. The van der Waals surface area contributed by atoms with Gasteiger partial charge in [0.25, 0.3) is 0 Å². The molecule has 0 radical (unpaired) electrons. The van der Waals surface area contributed by atoms with Crippen LogP contribution in [0.1, 0.15) is 258 Å². The predicted octanol–water partition coefficient (Wildman–Crippen LogP) is 20.0. The van der Waals surface area contributed by atoms with E-state index in [1.807, 2.05) is 0 Å². The Hall–Kier alpha value is -4.19. The summed E-state index contributed by atoms with van der Waals surface area (Å²) in [7, 11) is 0. The molecule has 0 N–H and O–H groups in total. The van der Waals surface area contributed by atoms with Crippen molar-refractivity contribution in [1.29, 1.82) is 0 Å². The van der Waals surface area contributed by atoms with Crippen molar-refractivity contribution in [3.8, 4) is 0 Å². The summed E-state index contributed by atoms with van der Waals surface area (Å²) in [5, 5.41) is 0. The molecule has 0 spiro atoms. The molecule has 0 saturated heterocycles. The number of allylic oxidation sites excluding steroid dienone is 20. The average molecular weight is 998 g/mol. The summed E-state index contributed by atoms with van der Waals surface area (Å²) >= 11 is 0. The summed E-state index contributed by atoms with van der Waals surface area (Å²) in [4.78, 5) is 37.9. The van der Waals surface area contributed by atoms with Gasteiger partial charge in [-0.2, -0.15) is 0 Å². The van der Waals surface area contributed by atoms with Crippen LogP contribution in [0.4, 0.5) is 0 Å². The first-order valence-electron chi connectivity index (χ1n) is 29.5. The van der Waals surface area contributed by atoms with Gasteiger partial charge < -0.3 is 14.2 Å². The second-order valence-electron chi connectivity index (χ2n) is 19.1. The maximum absolute atomic E-state index is 12.8. The van der Waals surface area contributed by atoms with E-state index in [0.29, 0.717) is 19.3 Å². The van der Waals surface area contributed by atoms with Crippen molar-refractivity contribution < 1.29 is 28.6 Å². The van der Waals surface area contributed by atoms with Crippen LogP contribution < -0.4 is 0 Å². The molecular weight excluding hydrogens is 889 g/mol. The highest BCUT2D eigenvalue weighted by molar-refractivity contribution is 5.71. The third-order valence-corrected chi connectivity index (χ3v) is 12.2. The van der Waals surface area contributed by atoms with Gasteiger partial charge in [0.05, 0.1) is 0 Å². The molecule has 0 aromatic rings. The molecule has 0 aliphatic heterocycles. The zero-order valence-corrected chi connectivity index (χ0v) is 46.7. The SMILES string of the molecule is CC/C=C\C/C=C\C/C=C\C/C=C\C/C=C\C/C=C\CCCCC(=O)OC(COC(=O)CCCCCCCC)COC(=O)CCCCCCCCCCCCCCCC/C=C\C/C=C\C/C=C\C/C=C\CC. The van der Waals surface area contributed by atoms with Crippen molar-refractivity contribution in [3.05, 3.63) is 122 Å². The molecule has 0 heterocycles. The first-order valence-corrected chi connectivity index (χ1v) is 29.5. The summed E-state index contributed by atoms with van der Waals surface area (Å²) in [6.45, 7) is 6.32. The Kier molecular flexibility index (Phi) is 55.9. The van der Waals surface area contributed by atoms with E-state index < -0.39 is 6.10 Å². The summed E-state index contributed by atoms with van der Waals surface area (Å²) in [6.07, 6.45) is 82.3. The lowest BCUT2D eigenvalue weighted by molar-refractivity contribution is -0.167. The minimum atomic E-state index is -0.801. The van der Waals surface area contributed by atoms with E-state index in [2.05, 4.69) is 142 Å². The Morgan fingerprint density at radius 2 is 0.542 bits per heavy atom. The number of carbonyl (C=O) groups is 3. The molecule has 0 saturated carbocycles. The van der Waals surface area contributed by atoms with E-state index in [1.165, 1.54) is 96.3 Å². The summed E-state index contributed by atoms with van der Waals surface area (Å²) in [6, 6.07) is 0. The maximum atomic E-state index is 12.8. The number of rotatable bonds is 52. The van der Waals surface area contributed by atoms with E-state index in [9.17, 15) is 14.4 Å². The Balaban J connectivity index is 4.19. The molecule has 6 heteroatoms. The van der Waals surface area contributed by atoms with Crippen molar-refractivity contribution in [2.45, 2.75) is 264 Å². The average Bonchev–Trinajstić information content (AvgIpc) is 3.38. The molecule has 0 fully saturated rings. The van der Waals surface area contributed by atoms with Gasteiger partial charge in [-0.3, -0.25) is 14.4 Å². The smallest absolute Gasteiger partial charge is 0.306 e. The van der Waals surface area contributed by atoms with Crippen molar-refractivity contribution in [3.63, 3.8) is 0 Å². The first-order chi connectivity index (χ1) is 35.5. The number of carbonyl (C=O) groups excluding carboxylic acids is 3. The van der Waals surface area contributed by atoms with Crippen molar-refractivity contribution in [1.82, 2.24) is 0 Å². The van der Waals surface area contributed by atoms with Crippen LogP contribution in [0.2, 0.25) is 0 Å². The number of esters is 3. The van der Waals surface area contributed by atoms with Crippen LogP contribution in [0, 0.1) is 0 Å². The molecule has 1 unspecified atom stereocenters. The van der Waals surface area contributed by atoms with Gasteiger partial charge >= 0.3 is 17.9 Å². The quantitative estimate of drug-likeness (QED) is 0.0261. The van der Waals surface area contributed by atoms with Gasteiger partial charge in [-0.25, -0.2) is 0 Å². The Bertz CT molecular complexity index is 1520. The van der Waals surface area contributed by atoms with Gasteiger partial charge in [-0.05, 0) is 109 Å². The van der Waals surface area contributed by atoms with E-state index in [-0.39, 0.29) is 37.5 Å². The van der Waals surface area contributed by atoms with Gasteiger partial charge in [-0.15, -0.1) is 0 Å². The van der Waals surface area contributed by atoms with E-state index in [1.54, 1.807) is 0 Å². The van der Waals surface area contributed by atoms with E-state index in [0.717, 1.165) is 116 Å². The van der Waals surface area contributed by atoms with Gasteiger partial charge in [0.2, 0.25) is 0 Å². The summed E-state index contributed by atoms with van der Waals surface area (Å²) < 4.78 is 16.7. The fraction of sp³-hybridized carbons (Fsp3) is 0.652. The second-order valence-corrected chi connectivity index (χ2v) is 19.1. The number of hydrogen-bond donors (Lipinski definition) is 0. The maximum Gasteiger partial charge on any atom is 0.306 e. The third-order valence-electron chi connectivity index (χ3n) is 12.2. The molecule has 0 aromatic heterocycles. The van der Waals surface area contributed by atoms with E-state index >= 15 is 0 Å². The van der Waals surface area contributed by atoms with E-state index in [4.69, 9.17) is 14.2 Å². The minimum Gasteiger partial charge on any atom is -0.462 e. The molecule has 1 atom stereocenters. The van der Waals surface area contributed by atoms with Crippen LogP contribution in [0.25, 0.3) is 0 Å². The van der Waals surface area contributed by atoms with Crippen LogP contribution in [-0.2, 0) is 28.6 Å². The molecule has 0 aliphatic carbocycles. The highest BCUT2D eigenvalue weighted by Crippen LogP contribution is 2.15. The molecule has 6 nitrogen and oxygen atoms in total. The summed E-state index contributed by atoms with van der Waals surface area (Å²) in [5.41, 5.74) is 0. The summed E-state index contributed by atoms with van der Waals surface area (Å²) in [5.74, 6) is -0.952. The fourth-order valence-corrected chi connectivity index (χ4v) is 7.85. The van der Waals surface area contributed by atoms with Crippen LogP contribution in [0.5, 0.6) is 0 Å². The van der Waals surface area contributed by atoms with Crippen molar-refractivity contribution in [2.24, 2.45) is 0 Å². The third kappa shape index (κ3) is 56.7. The second kappa shape index (κ2) is 59.4. The van der Waals surface area contributed by atoms with Crippen LogP contribution in [0.3, 0.4) is 0 Å². The number of hydrogen-bond acceptors (Lipinski definition) is 6. The molecule has 0 aliphatic rings. The standard InChI is InChI=1S/C66H108O6/c1-4-7-10-13-16-18-20-22-24-26-28-30-31-32-33-34-35-37-38-40-42-44-46-48-50-53-56-59-65(68)71-62-63(61-70-64(67)58-55-52-15-12-9-6-3)72-66(69)60-57-54-51-49-47-45-43-41-39-36-29-27-25-23-21-19-17-14-11-8-5-2/h7-8,10-11,16-19,22-25,28-30,36,41,43,47,49,63H,4-6,9,12-15,20-21,26-27,31-35,37-40,42,44-46,48,50-62H2,1-3H3/b10-7-,11-8-,18-16-,19-17-,24-22-,25-23-,30-28-,36-29-,43-41-,49-47-. The largest absolute Gasteiger partial charge is 0.462 e. The highest BCUT2D eigenvalue weighted by Gasteiger charge is 2.19. The Labute approximate surface area is 443 Å². The van der Waals surface area contributed by atoms with Crippen LogP contribution in [-0.4, -0.2) is 37.2 Å². The molecule has 0 amide bonds. The van der Waals surface area contributed by atoms with Crippen LogP contribution in [0.15, 0.2) is 122 Å². The molecule has 0 bridgehead atoms. The molecule has 0 rings (SSSR count). The van der Waals surface area contributed by atoms with Gasteiger partial charge in [0.1, 0.15) is 13.2 Å². The molecular formula is C66H108O6. The zero-order chi connectivity index (χ0) is 52.2. The normalized spacial score (nSPS) is 13.0. The molecule has 0 aromatic carbocycles. The lowest BCUT2D eigenvalue weighted by Crippen LogP contribution is -2.30. The number of unbranched alkanes of at least 4 members (excludes halogenated alkanes) is 21. The minimum absolute atomic E-state index is 0.0971. The lowest BCUT2D eigenvalue weighted by atomic mass is 10.0. The van der Waals surface area contributed by atoms with Crippen molar-refractivity contribution >= 4 is 17.9 Å². The lowest BCUT2D eigenvalue weighted by Gasteiger charge is -2.18. The monoisotopic (exact) mass is 997 g/mol. The van der Waals surface area contributed by atoms with Gasteiger partial charge in [0, 0.05) is 19.3 Å².